The van der Waals surface area contributed by atoms with Crippen molar-refractivity contribution in [3.63, 3.8) is 0 Å². The van der Waals surface area contributed by atoms with Crippen LogP contribution in [0.2, 0.25) is 0 Å². The molecule has 0 aromatic carbocycles. The topological polar surface area (TPSA) is 67.3 Å². The van der Waals surface area contributed by atoms with Crippen LogP contribution in [0.3, 0.4) is 0 Å². The lowest BCUT2D eigenvalue weighted by Crippen LogP contribution is -2.54. The predicted molar refractivity (Wildman–Crippen MR) is 68.0 cm³/mol. The first-order valence-electron chi connectivity index (χ1n) is 5.86. The van der Waals surface area contributed by atoms with E-state index < -0.39 is 15.1 Å². The molecule has 2 heterocycles. The lowest BCUT2D eigenvalue weighted by Gasteiger charge is -2.37. The Bertz CT molecular complexity index is 542. The molecular weight excluding hydrogens is 252 g/mol. The van der Waals surface area contributed by atoms with Crippen molar-refractivity contribution in [3.8, 4) is 0 Å². The van der Waals surface area contributed by atoms with Crippen molar-refractivity contribution in [2.75, 3.05) is 12.3 Å². The molecule has 0 bridgehead atoms. The quantitative estimate of drug-likeness (QED) is 0.753. The number of rotatable bonds is 1. The summed E-state index contributed by atoms with van der Waals surface area (Å²) < 4.78 is 23.5. The Morgan fingerprint density at radius 3 is 2.78 bits per heavy atom. The standard InChI is InChI=1S/C12H16N2O3S/c1-9-10(2)18(16,17)7-6-14(9)12(15)11-4-3-5-13-8-11/h3-5,8-10H,6-7H2,1-2H3. The van der Waals surface area contributed by atoms with Crippen molar-refractivity contribution in [2.24, 2.45) is 0 Å². The number of aromatic nitrogens is 1. The first-order chi connectivity index (χ1) is 8.43. The molecule has 1 aliphatic rings. The molecule has 2 atom stereocenters. The lowest BCUT2D eigenvalue weighted by molar-refractivity contribution is 0.0693. The maximum Gasteiger partial charge on any atom is 0.255 e. The second-order valence-electron chi connectivity index (χ2n) is 4.55. The molecule has 0 aliphatic carbocycles. The fraction of sp³-hybridized carbons (Fsp3) is 0.500. The van der Waals surface area contributed by atoms with Crippen molar-refractivity contribution in [1.82, 2.24) is 9.88 Å². The second-order valence-corrected chi connectivity index (χ2v) is 7.03. The van der Waals surface area contributed by atoms with Gasteiger partial charge in [0.15, 0.2) is 9.84 Å². The van der Waals surface area contributed by atoms with E-state index in [1.54, 1.807) is 37.1 Å². The zero-order chi connectivity index (χ0) is 13.3. The first kappa shape index (κ1) is 13.0. The normalized spacial score (nSPS) is 26.9. The van der Waals surface area contributed by atoms with Crippen LogP contribution in [0.25, 0.3) is 0 Å². The highest BCUT2D eigenvalue weighted by Gasteiger charge is 2.38. The van der Waals surface area contributed by atoms with E-state index in [2.05, 4.69) is 4.98 Å². The Labute approximate surface area is 107 Å². The van der Waals surface area contributed by atoms with Crippen molar-refractivity contribution in [1.29, 1.82) is 0 Å². The molecule has 1 aromatic rings. The smallest absolute Gasteiger partial charge is 0.255 e. The summed E-state index contributed by atoms with van der Waals surface area (Å²) in [6.07, 6.45) is 3.10. The van der Waals surface area contributed by atoms with Crippen LogP contribution in [0, 0.1) is 0 Å². The number of hydrogen-bond donors (Lipinski definition) is 0. The van der Waals surface area contributed by atoms with Gasteiger partial charge in [-0.2, -0.15) is 0 Å². The molecule has 0 N–H and O–H groups in total. The molecule has 1 amide bonds. The Kier molecular flexibility index (Phi) is 3.38. The molecule has 6 heteroatoms. The highest BCUT2D eigenvalue weighted by Crippen LogP contribution is 2.21. The lowest BCUT2D eigenvalue weighted by atomic mass is 10.1. The van der Waals surface area contributed by atoms with Gasteiger partial charge in [0.2, 0.25) is 0 Å². The SMILES string of the molecule is CC1C(C)S(=O)(=O)CCN1C(=O)c1cccnc1. The molecule has 1 fully saturated rings. The van der Waals surface area contributed by atoms with Crippen LogP contribution < -0.4 is 0 Å². The summed E-state index contributed by atoms with van der Waals surface area (Å²) in [5.74, 6) is -0.123. The van der Waals surface area contributed by atoms with E-state index in [-0.39, 0.29) is 24.2 Å². The number of amides is 1. The maximum atomic E-state index is 12.3. The average molecular weight is 268 g/mol. The van der Waals surface area contributed by atoms with Crippen LogP contribution >= 0.6 is 0 Å². The number of sulfone groups is 1. The minimum absolute atomic E-state index is 0.0323. The van der Waals surface area contributed by atoms with E-state index in [1.165, 1.54) is 6.20 Å². The average Bonchev–Trinajstić information content (AvgIpc) is 2.37. The Morgan fingerprint density at radius 1 is 1.44 bits per heavy atom. The zero-order valence-corrected chi connectivity index (χ0v) is 11.2. The molecule has 1 aromatic heterocycles. The summed E-state index contributed by atoms with van der Waals surface area (Å²) in [6.45, 7) is 3.68. The number of pyridine rings is 1. The third-order valence-electron chi connectivity index (χ3n) is 3.52. The van der Waals surface area contributed by atoms with Gasteiger partial charge >= 0.3 is 0 Å². The Hall–Kier alpha value is -1.43. The molecule has 98 valence electrons. The molecule has 18 heavy (non-hydrogen) atoms. The third-order valence-corrected chi connectivity index (χ3v) is 5.80. The van der Waals surface area contributed by atoms with Crippen molar-refractivity contribution < 1.29 is 13.2 Å². The van der Waals surface area contributed by atoms with Gasteiger partial charge in [-0.1, -0.05) is 0 Å². The highest BCUT2D eigenvalue weighted by molar-refractivity contribution is 7.92. The van der Waals surface area contributed by atoms with E-state index in [1.807, 2.05) is 0 Å². The van der Waals surface area contributed by atoms with Gasteiger partial charge in [-0.15, -0.1) is 0 Å². The summed E-state index contributed by atoms with van der Waals surface area (Å²) in [5, 5.41) is -0.521. The molecule has 1 aliphatic heterocycles. The molecule has 0 spiro atoms. The van der Waals surface area contributed by atoms with E-state index in [4.69, 9.17) is 0 Å². The van der Waals surface area contributed by atoms with Gasteiger partial charge in [0.25, 0.3) is 5.91 Å². The fourth-order valence-corrected chi connectivity index (χ4v) is 3.68. The van der Waals surface area contributed by atoms with E-state index in [0.29, 0.717) is 5.56 Å². The van der Waals surface area contributed by atoms with Gasteiger partial charge in [0.05, 0.1) is 16.6 Å². The Morgan fingerprint density at radius 2 is 2.17 bits per heavy atom. The molecule has 2 rings (SSSR count). The van der Waals surface area contributed by atoms with Gasteiger partial charge < -0.3 is 4.90 Å². The molecule has 0 radical (unpaired) electrons. The third kappa shape index (κ3) is 2.25. The minimum Gasteiger partial charge on any atom is -0.334 e. The van der Waals surface area contributed by atoms with Crippen LogP contribution in [0.5, 0.6) is 0 Å². The zero-order valence-electron chi connectivity index (χ0n) is 10.4. The molecule has 1 saturated heterocycles. The van der Waals surface area contributed by atoms with Crippen molar-refractivity contribution in [2.45, 2.75) is 25.1 Å². The van der Waals surface area contributed by atoms with Crippen LogP contribution in [0.1, 0.15) is 24.2 Å². The van der Waals surface area contributed by atoms with Crippen LogP contribution in [0.15, 0.2) is 24.5 Å². The molecule has 5 nitrogen and oxygen atoms in total. The van der Waals surface area contributed by atoms with Gasteiger partial charge in [-0.25, -0.2) is 8.42 Å². The number of carbonyl (C=O) groups excluding carboxylic acids is 1. The monoisotopic (exact) mass is 268 g/mol. The summed E-state index contributed by atoms with van der Waals surface area (Å²) in [6, 6.07) is 3.08. The maximum absolute atomic E-state index is 12.3. The van der Waals surface area contributed by atoms with Crippen molar-refractivity contribution >= 4 is 15.7 Å². The Balaban J connectivity index is 2.23. The van der Waals surface area contributed by atoms with Gasteiger partial charge in [-0.3, -0.25) is 9.78 Å². The van der Waals surface area contributed by atoms with E-state index >= 15 is 0 Å². The predicted octanol–water partition coefficient (Wildman–Crippen LogP) is 0.729. The van der Waals surface area contributed by atoms with E-state index in [9.17, 15) is 13.2 Å². The minimum atomic E-state index is -3.07. The highest BCUT2D eigenvalue weighted by atomic mass is 32.2. The van der Waals surface area contributed by atoms with Gasteiger partial charge in [-0.05, 0) is 26.0 Å². The first-order valence-corrected chi connectivity index (χ1v) is 7.57. The number of nitrogens with zero attached hydrogens (tertiary/aromatic N) is 2. The van der Waals surface area contributed by atoms with Gasteiger partial charge in [0.1, 0.15) is 0 Å². The summed E-state index contributed by atoms with van der Waals surface area (Å²) in [7, 11) is -3.07. The summed E-state index contributed by atoms with van der Waals surface area (Å²) >= 11 is 0. The number of carbonyl (C=O) groups is 1. The second kappa shape index (κ2) is 4.68. The van der Waals surface area contributed by atoms with E-state index in [0.717, 1.165) is 0 Å². The molecular formula is C12H16N2O3S. The molecule has 0 saturated carbocycles. The fourth-order valence-electron chi connectivity index (χ4n) is 2.11. The van der Waals surface area contributed by atoms with Gasteiger partial charge in [0, 0.05) is 25.0 Å². The van der Waals surface area contributed by atoms with Crippen LogP contribution in [-0.2, 0) is 9.84 Å². The summed E-state index contributed by atoms with van der Waals surface area (Å²) in [4.78, 5) is 17.8. The van der Waals surface area contributed by atoms with Crippen molar-refractivity contribution in [3.05, 3.63) is 30.1 Å². The largest absolute Gasteiger partial charge is 0.334 e. The number of hydrogen-bond acceptors (Lipinski definition) is 4. The summed E-state index contributed by atoms with van der Waals surface area (Å²) in [5.41, 5.74) is 0.496. The van der Waals surface area contributed by atoms with Crippen LogP contribution in [0.4, 0.5) is 0 Å². The van der Waals surface area contributed by atoms with Crippen LogP contribution in [-0.4, -0.2) is 47.8 Å². The molecule has 2 unspecified atom stereocenters.